The Morgan fingerprint density at radius 3 is 2.33 bits per heavy atom. The van der Waals surface area contributed by atoms with Crippen LogP contribution in [0.1, 0.15) is 34.5 Å². The predicted octanol–water partition coefficient (Wildman–Crippen LogP) is 2.19. The van der Waals surface area contributed by atoms with Gasteiger partial charge >= 0.3 is 0 Å². The lowest BCUT2D eigenvalue weighted by atomic mass is 10.1. The van der Waals surface area contributed by atoms with E-state index < -0.39 is 10.0 Å². The molecular weight excluding hydrogens is 308 g/mol. The number of primary sulfonamides is 1. The van der Waals surface area contributed by atoms with E-state index in [1.165, 1.54) is 23.5 Å². The van der Waals surface area contributed by atoms with Crippen molar-refractivity contribution in [1.29, 1.82) is 0 Å². The van der Waals surface area contributed by atoms with E-state index in [-0.39, 0.29) is 16.8 Å². The number of hydrogen-bond donors (Lipinski definition) is 2. The Hall–Kier alpha value is -1.70. The van der Waals surface area contributed by atoms with E-state index in [1.807, 2.05) is 24.6 Å². The summed E-state index contributed by atoms with van der Waals surface area (Å²) in [6, 6.07) is 5.93. The third-order valence-corrected chi connectivity index (χ3v) is 4.95. The molecular formula is C14H16N2O3S2. The molecule has 7 heteroatoms. The molecule has 1 heterocycles. The average molecular weight is 324 g/mol. The molecule has 0 spiro atoms. The van der Waals surface area contributed by atoms with Crippen molar-refractivity contribution in [1.82, 2.24) is 5.32 Å². The maximum atomic E-state index is 12.1. The highest BCUT2D eigenvalue weighted by Gasteiger charge is 2.15. The van der Waals surface area contributed by atoms with E-state index in [0.717, 1.165) is 11.1 Å². The summed E-state index contributed by atoms with van der Waals surface area (Å²) in [6.07, 6.45) is 0. The molecule has 0 radical (unpaired) electrons. The van der Waals surface area contributed by atoms with E-state index in [1.54, 1.807) is 12.1 Å². The first-order chi connectivity index (χ1) is 9.79. The van der Waals surface area contributed by atoms with Crippen LogP contribution in [0.2, 0.25) is 0 Å². The highest BCUT2D eigenvalue weighted by Crippen LogP contribution is 2.18. The average Bonchev–Trinajstić information content (AvgIpc) is 2.84. The fraction of sp³-hybridized carbons (Fsp3) is 0.214. The van der Waals surface area contributed by atoms with Crippen LogP contribution in [0.4, 0.5) is 0 Å². The first-order valence-electron chi connectivity index (χ1n) is 6.25. The van der Waals surface area contributed by atoms with E-state index in [4.69, 9.17) is 5.14 Å². The molecule has 3 N–H and O–H groups in total. The Labute approximate surface area is 127 Å². The summed E-state index contributed by atoms with van der Waals surface area (Å²) in [7, 11) is -3.70. The second-order valence-corrected chi connectivity index (χ2v) is 7.08. The van der Waals surface area contributed by atoms with Gasteiger partial charge in [0.05, 0.1) is 16.5 Å². The zero-order valence-electron chi connectivity index (χ0n) is 11.7. The molecule has 0 aliphatic carbocycles. The highest BCUT2D eigenvalue weighted by atomic mass is 32.2. The Kier molecular flexibility index (Phi) is 4.46. The largest absolute Gasteiger partial charge is 0.345 e. The molecule has 1 amide bonds. The lowest BCUT2D eigenvalue weighted by Crippen LogP contribution is -2.26. The normalized spacial score (nSPS) is 12.9. The van der Waals surface area contributed by atoms with Gasteiger partial charge in [0.1, 0.15) is 0 Å². The summed E-state index contributed by atoms with van der Waals surface area (Å²) < 4.78 is 22.4. The van der Waals surface area contributed by atoms with Gasteiger partial charge in [0.2, 0.25) is 10.0 Å². The number of rotatable bonds is 4. The summed E-state index contributed by atoms with van der Waals surface area (Å²) in [5, 5.41) is 11.7. The quantitative estimate of drug-likeness (QED) is 0.903. The number of sulfonamides is 1. The zero-order chi connectivity index (χ0) is 15.6. The lowest BCUT2D eigenvalue weighted by molar-refractivity contribution is 0.0939. The monoisotopic (exact) mass is 324 g/mol. The highest BCUT2D eigenvalue weighted by molar-refractivity contribution is 7.89. The molecule has 0 fully saturated rings. The minimum absolute atomic E-state index is 0.0541. The molecule has 0 aliphatic heterocycles. The van der Waals surface area contributed by atoms with Crippen LogP contribution >= 0.6 is 11.3 Å². The van der Waals surface area contributed by atoms with Crippen molar-refractivity contribution in [2.24, 2.45) is 5.14 Å². The van der Waals surface area contributed by atoms with Crippen molar-refractivity contribution in [3.63, 3.8) is 0 Å². The maximum absolute atomic E-state index is 12.1. The topological polar surface area (TPSA) is 89.3 Å². The molecule has 0 bridgehead atoms. The van der Waals surface area contributed by atoms with Gasteiger partial charge in [-0.1, -0.05) is 12.1 Å². The Morgan fingerprint density at radius 2 is 1.86 bits per heavy atom. The third-order valence-electron chi connectivity index (χ3n) is 3.16. The fourth-order valence-corrected chi connectivity index (χ4v) is 3.24. The molecule has 0 saturated carbocycles. The summed E-state index contributed by atoms with van der Waals surface area (Å²) in [4.78, 5) is 12.2. The fourth-order valence-electron chi connectivity index (χ4n) is 1.90. The van der Waals surface area contributed by atoms with Crippen molar-refractivity contribution < 1.29 is 13.2 Å². The molecule has 5 nitrogen and oxygen atoms in total. The van der Waals surface area contributed by atoms with E-state index >= 15 is 0 Å². The minimum Gasteiger partial charge on any atom is -0.345 e. The van der Waals surface area contributed by atoms with Crippen LogP contribution in [0.15, 0.2) is 39.9 Å². The van der Waals surface area contributed by atoms with Gasteiger partial charge in [0.25, 0.3) is 5.91 Å². The van der Waals surface area contributed by atoms with Gasteiger partial charge in [0.15, 0.2) is 0 Å². The summed E-state index contributed by atoms with van der Waals surface area (Å²) in [5.74, 6) is -0.142. The number of carbonyl (C=O) groups excluding carboxylic acids is 1. The first kappa shape index (κ1) is 15.7. The zero-order valence-corrected chi connectivity index (χ0v) is 13.3. The van der Waals surface area contributed by atoms with E-state index in [2.05, 4.69) is 5.32 Å². The lowest BCUT2D eigenvalue weighted by Gasteiger charge is -2.14. The Balaban J connectivity index is 2.12. The Bertz CT molecular complexity index is 749. The molecule has 1 atom stereocenters. The number of aryl methyl sites for hydroxylation is 1. The molecule has 21 heavy (non-hydrogen) atoms. The van der Waals surface area contributed by atoms with Gasteiger partial charge in [-0.25, -0.2) is 13.6 Å². The number of thiophene rings is 1. The SMILES string of the molecule is Cc1cscc1C(=O)NC(C)c1ccc(S(N)(=O)=O)cc1. The van der Waals surface area contributed by atoms with E-state index in [0.29, 0.717) is 5.56 Å². The summed E-state index contributed by atoms with van der Waals surface area (Å²) >= 11 is 1.48. The van der Waals surface area contributed by atoms with Crippen LogP contribution in [0, 0.1) is 6.92 Å². The number of amides is 1. The molecule has 0 aliphatic rings. The van der Waals surface area contributed by atoms with Crippen LogP contribution < -0.4 is 10.5 Å². The number of benzene rings is 1. The molecule has 1 aromatic heterocycles. The molecule has 2 rings (SSSR count). The van der Waals surface area contributed by atoms with Gasteiger partial charge in [-0.2, -0.15) is 11.3 Å². The first-order valence-corrected chi connectivity index (χ1v) is 8.74. The summed E-state index contributed by atoms with van der Waals surface area (Å²) in [6.45, 7) is 3.72. The van der Waals surface area contributed by atoms with Gasteiger partial charge in [-0.05, 0) is 42.5 Å². The molecule has 112 valence electrons. The van der Waals surface area contributed by atoms with Crippen molar-refractivity contribution in [2.45, 2.75) is 24.8 Å². The van der Waals surface area contributed by atoms with Crippen LogP contribution in [0.3, 0.4) is 0 Å². The van der Waals surface area contributed by atoms with Gasteiger partial charge < -0.3 is 5.32 Å². The van der Waals surface area contributed by atoms with Gasteiger partial charge in [0, 0.05) is 5.38 Å². The van der Waals surface area contributed by atoms with Crippen molar-refractivity contribution in [2.75, 3.05) is 0 Å². The third kappa shape index (κ3) is 3.69. The van der Waals surface area contributed by atoms with Gasteiger partial charge in [-0.3, -0.25) is 4.79 Å². The number of carbonyl (C=O) groups is 1. The Morgan fingerprint density at radius 1 is 1.24 bits per heavy atom. The number of hydrogen-bond acceptors (Lipinski definition) is 4. The number of nitrogens with two attached hydrogens (primary N) is 1. The molecule has 1 aromatic carbocycles. The van der Waals surface area contributed by atoms with Crippen LogP contribution in [0.25, 0.3) is 0 Å². The smallest absolute Gasteiger partial charge is 0.252 e. The number of nitrogens with one attached hydrogen (secondary N) is 1. The van der Waals surface area contributed by atoms with Crippen LogP contribution in [-0.2, 0) is 10.0 Å². The minimum atomic E-state index is -3.70. The maximum Gasteiger partial charge on any atom is 0.252 e. The molecule has 1 unspecified atom stereocenters. The summed E-state index contributed by atoms with van der Waals surface area (Å²) in [5.41, 5.74) is 2.41. The molecule has 0 saturated heterocycles. The van der Waals surface area contributed by atoms with E-state index in [9.17, 15) is 13.2 Å². The standard InChI is InChI=1S/C14H16N2O3S2/c1-9-7-20-8-13(9)14(17)16-10(2)11-3-5-12(6-4-11)21(15,18)19/h3-8,10H,1-2H3,(H,16,17)(H2,15,18,19). The van der Waals surface area contributed by atoms with Crippen molar-refractivity contribution >= 4 is 27.3 Å². The van der Waals surface area contributed by atoms with Crippen molar-refractivity contribution in [3.05, 3.63) is 51.7 Å². The predicted molar refractivity (Wildman–Crippen MR) is 82.8 cm³/mol. The second-order valence-electron chi connectivity index (χ2n) is 4.78. The van der Waals surface area contributed by atoms with Gasteiger partial charge in [-0.15, -0.1) is 0 Å². The molecule has 2 aromatic rings. The second kappa shape index (κ2) is 5.97. The van der Waals surface area contributed by atoms with Crippen molar-refractivity contribution in [3.8, 4) is 0 Å². The van der Waals surface area contributed by atoms with Crippen LogP contribution in [0.5, 0.6) is 0 Å². The van der Waals surface area contributed by atoms with Crippen LogP contribution in [-0.4, -0.2) is 14.3 Å².